The average molecular weight is 572 g/mol. The van der Waals surface area contributed by atoms with Crippen LogP contribution in [0.2, 0.25) is 0 Å². The first-order valence-corrected chi connectivity index (χ1v) is 15.3. The van der Waals surface area contributed by atoms with Crippen LogP contribution in [0.5, 0.6) is 0 Å². The molecule has 4 aliphatic carbocycles. The second kappa shape index (κ2) is 10.6. The number of carbonyl (C=O) groups excluding carboxylic acids is 1. The van der Waals surface area contributed by atoms with Crippen molar-refractivity contribution in [1.29, 1.82) is 0 Å². The van der Waals surface area contributed by atoms with E-state index in [2.05, 4.69) is 41.3 Å². The van der Waals surface area contributed by atoms with Gasteiger partial charge in [0, 0.05) is 28.9 Å². The van der Waals surface area contributed by atoms with Crippen molar-refractivity contribution in [2.45, 2.75) is 83.3 Å². The summed E-state index contributed by atoms with van der Waals surface area (Å²) in [5, 5.41) is 28.8. The third-order valence-corrected chi connectivity index (χ3v) is 11.5. The molecule has 0 radical (unpaired) electrons. The quantitative estimate of drug-likeness (QED) is 0.276. The molecule has 0 bridgehead atoms. The minimum absolute atomic E-state index is 0.0919. The fourth-order valence-corrected chi connectivity index (χ4v) is 9.03. The minimum Gasteiger partial charge on any atom is -0.480 e. The van der Waals surface area contributed by atoms with Gasteiger partial charge in [0.15, 0.2) is 6.61 Å². The van der Waals surface area contributed by atoms with Crippen LogP contribution in [0.1, 0.15) is 70.8 Å². The monoisotopic (exact) mass is 571 g/mol. The number of carboxylic acid groups (broad SMARTS) is 1. The van der Waals surface area contributed by atoms with E-state index in [1.807, 2.05) is 24.3 Å². The Labute approximate surface area is 247 Å². The molecule has 1 aromatic heterocycles. The van der Waals surface area contributed by atoms with Gasteiger partial charge in [0.05, 0.1) is 5.71 Å². The number of allylic oxidation sites excluding steroid dienone is 2. The summed E-state index contributed by atoms with van der Waals surface area (Å²) >= 11 is 0. The third-order valence-electron chi connectivity index (χ3n) is 11.5. The van der Waals surface area contributed by atoms with Gasteiger partial charge in [0.25, 0.3) is 5.91 Å². The lowest BCUT2D eigenvalue weighted by atomic mass is 9.46. The first-order chi connectivity index (χ1) is 20.1. The fourth-order valence-electron chi connectivity index (χ4n) is 9.03. The number of rotatable bonds is 7. The van der Waals surface area contributed by atoms with Crippen LogP contribution in [0.25, 0.3) is 10.9 Å². The van der Waals surface area contributed by atoms with Gasteiger partial charge in [-0.3, -0.25) is 4.79 Å². The van der Waals surface area contributed by atoms with Crippen LogP contribution < -0.4 is 5.32 Å². The van der Waals surface area contributed by atoms with Gasteiger partial charge in [0.2, 0.25) is 0 Å². The lowest BCUT2D eigenvalue weighted by Crippen LogP contribution is -2.54. The Kier molecular flexibility index (Phi) is 7.21. The molecule has 222 valence electrons. The SMILES string of the molecule is C#C[C@@]1(O)CCC2C3CCC4=CC(=NOCC(=O)NC(Cc5c[nH]c6ccccc56)C(=O)O)CC[C@]4(C)C3CC[C@@]21C. The maximum absolute atomic E-state index is 12.6. The van der Waals surface area contributed by atoms with Gasteiger partial charge >= 0.3 is 5.97 Å². The number of carboxylic acids is 1. The van der Waals surface area contributed by atoms with Crippen LogP contribution in [0.15, 0.2) is 47.3 Å². The van der Waals surface area contributed by atoms with Gasteiger partial charge in [0.1, 0.15) is 11.6 Å². The molecule has 4 N–H and O–H groups in total. The highest BCUT2D eigenvalue weighted by Crippen LogP contribution is 2.67. The predicted molar refractivity (Wildman–Crippen MR) is 160 cm³/mol. The molecular weight excluding hydrogens is 530 g/mol. The highest BCUT2D eigenvalue weighted by atomic mass is 16.6. The summed E-state index contributed by atoms with van der Waals surface area (Å²) < 4.78 is 0. The molecule has 0 saturated heterocycles. The Balaban J connectivity index is 1.07. The summed E-state index contributed by atoms with van der Waals surface area (Å²) in [7, 11) is 0. The second-order valence-electron chi connectivity index (χ2n) is 13.4. The van der Waals surface area contributed by atoms with E-state index in [0.717, 1.165) is 67.1 Å². The Bertz CT molecular complexity index is 1500. The molecule has 4 unspecified atom stereocenters. The molecule has 1 aromatic carbocycles. The molecule has 42 heavy (non-hydrogen) atoms. The maximum atomic E-state index is 12.6. The lowest BCUT2D eigenvalue weighted by Gasteiger charge is -2.58. The highest BCUT2D eigenvalue weighted by molar-refractivity contribution is 5.96. The highest BCUT2D eigenvalue weighted by Gasteiger charge is 2.63. The number of fused-ring (bicyclic) bond motifs is 6. The van der Waals surface area contributed by atoms with E-state index in [4.69, 9.17) is 11.3 Å². The van der Waals surface area contributed by atoms with Crippen molar-refractivity contribution >= 4 is 28.5 Å². The van der Waals surface area contributed by atoms with E-state index in [1.165, 1.54) is 5.57 Å². The van der Waals surface area contributed by atoms with Gasteiger partial charge < -0.3 is 25.4 Å². The number of para-hydroxylation sites is 1. The standard InChI is InChI=1S/C34H41N3O5/c1-4-34(41)16-13-27-25-10-9-22-18-23(11-14-32(22,2)26(25)12-15-33(27,34)3)37-42-20-30(38)36-29(31(39)40)17-21-19-35-28-8-6-5-7-24(21)28/h1,5-8,18-19,25-27,29,35,41H,9-17,20H2,2-3H3,(H,36,38)(H,39,40)/t25?,26?,27?,29?,32-,33-,34+/m0/s1. The largest absolute Gasteiger partial charge is 0.480 e. The van der Waals surface area contributed by atoms with Crippen LogP contribution in [-0.4, -0.2) is 51.0 Å². The normalized spacial score (nSPS) is 35.3. The molecule has 3 saturated carbocycles. The molecule has 3 fully saturated rings. The van der Waals surface area contributed by atoms with E-state index in [1.54, 1.807) is 6.20 Å². The smallest absolute Gasteiger partial charge is 0.326 e. The number of aliphatic carboxylic acids is 1. The summed E-state index contributed by atoms with van der Waals surface area (Å²) in [6, 6.07) is 6.59. The van der Waals surface area contributed by atoms with Crippen LogP contribution in [-0.2, 0) is 20.8 Å². The zero-order valence-electron chi connectivity index (χ0n) is 24.5. The summed E-state index contributed by atoms with van der Waals surface area (Å²) in [6.45, 7) is 4.27. The molecule has 1 amide bonds. The first kappa shape index (κ1) is 28.5. The maximum Gasteiger partial charge on any atom is 0.326 e. The number of aromatic nitrogens is 1. The van der Waals surface area contributed by atoms with Crippen LogP contribution in [0.3, 0.4) is 0 Å². The topological polar surface area (TPSA) is 124 Å². The Morgan fingerprint density at radius 2 is 1.95 bits per heavy atom. The van der Waals surface area contributed by atoms with Crippen LogP contribution >= 0.6 is 0 Å². The van der Waals surface area contributed by atoms with Gasteiger partial charge in [-0.2, -0.15) is 0 Å². The molecule has 0 aliphatic heterocycles. The average Bonchev–Trinajstić information content (AvgIpc) is 3.50. The molecule has 2 aromatic rings. The number of aliphatic hydroxyl groups is 1. The molecule has 8 heteroatoms. The van der Waals surface area contributed by atoms with Crippen molar-refractivity contribution in [2.75, 3.05) is 6.61 Å². The van der Waals surface area contributed by atoms with E-state index >= 15 is 0 Å². The molecule has 0 spiro atoms. The zero-order chi connectivity index (χ0) is 29.7. The van der Waals surface area contributed by atoms with Crippen molar-refractivity contribution in [3.63, 3.8) is 0 Å². The Morgan fingerprint density at radius 3 is 2.74 bits per heavy atom. The predicted octanol–water partition coefficient (Wildman–Crippen LogP) is 4.98. The summed E-state index contributed by atoms with van der Waals surface area (Å²) in [6.07, 6.45) is 17.5. The molecule has 4 aliphatic rings. The molecule has 6 rings (SSSR count). The summed E-state index contributed by atoms with van der Waals surface area (Å²) in [4.78, 5) is 33.0. The lowest BCUT2D eigenvalue weighted by molar-refractivity contribution is -0.142. The zero-order valence-corrected chi connectivity index (χ0v) is 24.5. The number of amides is 1. The number of nitrogens with zero attached hydrogens (tertiary/aromatic N) is 1. The van der Waals surface area contributed by atoms with Gasteiger partial charge in [-0.1, -0.05) is 48.7 Å². The number of carbonyl (C=O) groups is 2. The second-order valence-corrected chi connectivity index (χ2v) is 13.4. The summed E-state index contributed by atoms with van der Waals surface area (Å²) in [5.41, 5.74) is 2.88. The van der Waals surface area contributed by atoms with E-state index in [0.29, 0.717) is 24.2 Å². The van der Waals surface area contributed by atoms with Gasteiger partial charge in [-0.15, -0.1) is 6.42 Å². The van der Waals surface area contributed by atoms with E-state index < -0.39 is 23.5 Å². The minimum atomic E-state index is -1.10. The molecule has 7 atom stereocenters. The van der Waals surface area contributed by atoms with Crippen molar-refractivity contribution in [2.24, 2.45) is 33.7 Å². The number of H-pyrrole nitrogens is 1. The van der Waals surface area contributed by atoms with Crippen molar-refractivity contribution < 1.29 is 24.6 Å². The number of hydrogen-bond acceptors (Lipinski definition) is 5. The van der Waals surface area contributed by atoms with Gasteiger partial charge in [-0.25, -0.2) is 4.79 Å². The van der Waals surface area contributed by atoms with Crippen molar-refractivity contribution in [3.8, 4) is 12.3 Å². The Morgan fingerprint density at radius 1 is 1.17 bits per heavy atom. The fraction of sp³-hybridized carbons (Fsp3) is 0.559. The van der Waals surface area contributed by atoms with E-state index in [-0.39, 0.29) is 23.9 Å². The molecule has 1 heterocycles. The number of nitrogens with one attached hydrogen (secondary N) is 2. The van der Waals surface area contributed by atoms with Gasteiger partial charge in [-0.05, 0) is 92.2 Å². The summed E-state index contributed by atoms with van der Waals surface area (Å²) in [5.74, 6) is 2.73. The van der Waals surface area contributed by atoms with Crippen molar-refractivity contribution in [3.05, 3.63) is 47.7 Å². The van der Waals surface area contributed by atoms with E-state index in [9.17, 15) is 19.8 Å². The Hall–Kier alpha value is -3.57. The number of aromatic amines is 1. The third kappa shape index (κ3) is 4.63. The number of benzene rings is 1. The first-order valence-electron chi connectivity index (χ1n) is 15.3. The van der Waals surface area contributed by atoms with Crippen LogP contribution in [0, 0.1) is 40.9 Å². The molecule has 8 nitrogen and oxygen atoms in total. The van der Waals surface area contributed by atoms with Crippen LogP contribution in [0.4, 0.5) is 0 Å². The number of hydrogen-bond donors (Lipinski definition) is 4. The molecular formula is C34H41N3O5. The number of terminal acetylenes is 1. The van der Waals surface area contributed by atoms with Crippen molar-refractivity contribution in [1.82, 2.24) is 10.3 Å². The number of oxime groups is 1.